The normalized spacial score (nSPS) is 10.8. The number of nitro groups is 1. The van der Waals surface area contributed by atoms with Crippen LogP contribution in [0, 0.1) is 10.1 Å². The van der Waals surface area contributed by atoms with Crippen molar-refractivity contribution in [3.05, 3.63) is 124 Å². The number of rotatable bonds is 6. The Labute approximate surface area is 207 Å². The SMILES string of the molecule is COc1ccc(-c2c(C(=O)c3cccc4ccccc34)c(O)cc(-c3ccccc3)c2[N+](=O)[O-])cc1. The molecule has 5 rings (SSSR count). The van der Waals surface area contributed by atoms with Crippen molar-refractivity contribution in [2.75, 3.05) is 7.11 Å². The Balaban J connectivity index is 1.86. The molecule has 0 aliphatic rings. The standard InChI is InChI=1S/C30H21NO5/c1-36-22-16-14-21(15-17-22)27-28(30(33)24-13-7-11-19-10-5-6-12-23(19)24)26(32)18-25(29(27)31(34)35)20-8-3-2-4-9-20/h2-18,32H,1H3. The summed E-state index contributed by atoms with van der Waals surface area (Å²) in [5.74, 6) is -0.271. The molecule has 0 heterocycles. The number of nitrogens with zero attached hydrogens (tertiary/aromatic N) is 1. The van der Waals surface area contributed by atoms with Gasteiger partial charge in [0.05, 0.1) is 28.7 Å². The van der Waals surface area contributed by atoms with Gasteiger partial charge < -0.3 is 9.84 Å². The largest absolute Gasteiger partial charge is 0.507 e. The Kier molecular flexibility index (Phi) is 5.92. The van der Waals surface area contributed by atoms with Gasteiger partial charge in [-0.2, -0.15) is 0 Å². The number of phenols is 1. The summed E-state index contributed by atoms with van der Waals surface area (Å²) in [5, 5.41) is 25.3. The topological polar surface area (TPSA) is 89.7 Å². The van der Waals surface area contributed by atoms with Gasteiger partial charge in [0.2, 0.25) is 0 Å². The summed E-state index contributed by atoms with van der Waals surface area (Å²) in [4.78, 5) is 26.1. The van der Waals surface area contributed by atoms with Gasteiger partial charge in [-0.1, -0.05) is 84.9 Å². The van der Waals surface area contributed by atoms with Crippen LogP contribution < -0.4 is 4.74 Å². The second-order valence-corrected chi connectivity index (χ2v) is 8.25. The summed E-state index contributed by atoms with van der Waals surface area (Å²) in [7, 11) is 1.52. The lowest BCUT2D eigenvalue weighted by Gasteiger charge is -2.16. The summed E-state index contributed by atoms with van der Waals surface area (Å²) in [5.41, 5.74) is 1.21. The molecular formula is C30H21NO5. The van der Waals surface area contributed by atoms with E-state index in [0.717, 1.165) is 5.39 Å². The van der Waals surface area contributed by atoms with E-state index < -0.39 is 10.7 Å². The molecule has 0 atom stereocenters. The van der Waals surface area contributed by atoms with Gasteiger partial charge in [0.25, 0.3) is 5.69 Å². The number of carbonyl (C=O) groups excluding carboxylic acids is 1. The van der Waals surface area contributed by atoms with Crippen molar-refractivity contribution in [2.24, 2.45) is 0 Å². The Hall–Kier alpha value is -4.97. The number of phenolic OH excluding ortho intramolecular Hbond substituents is 1. The molecule has 6 heteroatoms. The molecule has 0 saturated carbocycles. The van der Waals surface area contributed by atoms with Gasteiger partial charge in [-0.25, -0.2) is 0 Å². The van der Waals surface area contributed by atoms with Gasteiger partial charge in [-0.3, -0.25) is 14.9 Å². The van der Waals surface area contributed by atoms with Crippen LogP contribution in [0.5, 0.6) is 11.5 Å². The van der Waals surface area contributed by atoms with Crippen molar-refractivity contribution in [1.82, 2.24) is 0 Å². The fourth-order valence-corrected chi connectivity index (χ4v) is 4.51. The molecule has 0 spiro atoms. The van der Waals surface area contributed by atoms with Crippen LogP contribution in [0.1, 0.15) is 15.9 Å². The lowest BCUT2D eigenvalue weighted by Crippen LogP contribution is -2.08. The van der Waals surface area contributed by atoms with Crippen LogP contribution in [0.2, 0.25) is 0 Å². The van der Waals surface area contributed by atoms with Crippen LogP contribution in [-0.2, 0) is 0 Å². The van der Waals surface area contributed by atoms with E-state index in [0.29, 0.717) is 27.8 Å². The fourth-order valence-electron chi connectivity index (χ4n) is 4.51. The molecule has 1 N–H and O–H groups in total. The molecule has 0 aliphatic heterocycles. The van der Waals surface area contributed by atoms with Gasteiger partial charge in [0.1, 0.15) is 11.5 Å². The quantitative estimate of drug-likeness (QED) is 0.162. The van der Waals surface area contributed by atoms with Crippen molar-refractivity contribution in [2.45, 2.75) is 0 Å². The molecule has 5 aromatic carbocycles. The monoisotopic (exact) mass is 475 g/mol. The molecule has 0 fully saturated rings. The minimum absolute atomic E-state index is 0.0550. The smallest absolute Gasteiger partial charge is 0.285 e. The van der Waals surface area contributed by atoms with Crippen LogP contribution in [0.15, 0.2) is 103 Å². The third kappa shape index (κ3) is 3.95. The second kappa shape index (κ2) is 9.35. The number of carbonyl (C=O) groups is 1. The average molecular weight is 476 g/mol. The van der Waals surface area contributed by atoms with Gasteiger partial charge in [-0.15, -0.1) is 0 Å². The zero-order valence-electron chi connectivity index (χ0n) is 19.3. The highest BCUT2D eigenvalue weighted by Crippen LogP contribution is 2.46. The molecule has 176 valence electrons. The van der Waals surface area contributed by atoms with E-state index in [2.05, 4.69) is 0 Å². The summed E-state index contributed by atoms with van der Waals surface area (Å²) in [6.07, 6.45) is 0. The molecule has 0 saturated heterocycles. The van der Waals surface area contributed by atoms with Crippen LogP contribution in [-0.4, -0.2) is 22.9 Å². The first-order valence-corrected chi connectivity index (χ1v) is 11.3. The van der Waals surface area contributed by atoms with E-state index >= 15 is 0 Å². The number of methoxy groups -OCH3 is 1. The number of hydrogen-bond donors (Lipinski definition) is 1. The van der Waals surface area contributed by atoms with Gasteiger partial charge >= 0.3 is 0 Å². The number of ketones is 1. The lowest BCUT2D eigenvalue weighted by molar-refractivity contribution is -0.383. The van der Waals surface area contributed by atoms with E-state index in [1.807, 2.05) is 30.3 Å². The highest BCUT2D eigenvalue weighted by atomic mass is 16.6. The number of benzene rings is 5. The number of nitro benzene ring substituents is 1. The van der Waals surface area contributed by atoms with Gasteiger partial charge in [-0.05, 0) is 40.1 Å². The van der Waals surface area contributed by atoms with E-state index in [4.69, 9.17) is 4.74 Å². The van der Waals surface area contributed by atoms with Crippen LogP contribution in [0.25, 0.3) is 33.0 Å². The number of ether oxygens (including phenoxy) is 1. The van der Waals surface area contributed by atoms with Crippen molar-refractivity contribution < 1.29 is 19.6 Å². The maximum absolute atomic E-state index is 14.0. The van der Waals surface area contributed by atoms with Crippen LogP contribution in [0.3, 0.4) is 0 Å². The van der Waals surface area contributed by atoms with Crippen molar-refractivity contribution in [1.29, 1.82) is 0 Å². The van der Waals surface area contributed by atoms with E-state index in [-0.39, 0.29) is 28.1 Å². The predicted octanol–water partition coefficient (Wildman–Crippen LogP) is 7.03. The molecule has 0 bridgehead atoms. The first kappa shape index (κ1) is 22.8. The fraction of sp³-hybridized carbons (Fsp3) is 0.0333. The number of hydrogen-bond acceptors (Lipinski definition) is 5. The van der Waals surface area contributed by atoms with Gasteiger partial charge in [0, 0.05) is 5.56 Å². The highest BCUT2D eigenvalue weighted by Gasteiger charge is 2.32. The van der Waals surface area contributed by atoms with Crippen LogP contribution >= 0.6 is 0 Å². The van der Waals surface area contributed by atoms with Crippen molar-refractivity contribution >= 4 is 22.2 Å². The third-order valence-corrected chi connectivity index (χ3v) is 6.19. The van der Waals surface area contributed by atoms with E-state index in [1.54, 1.807) is 66.7 Å². The number of aromatic hydroxyl groups is 1. The predicted molar refractivity (Wildman–Crippen MR) is 140 cm³/mol. The molecule has 0 unspecified atom stereocenters. The minimum Gasteiger partial charge on any atom is -0.507 e. The molecule has 0 amide bonds. The molecule has 36 heavy (non-hydrogen) atoms. The maximum atomic E-state index is 14.0. The summed E-state index contributed by atoms with van der Waals surface area (Å²) >= 11 is 0. The molecule has 5 aromatic rings. The average Bonchev–Trinajstić information content (AvgIpc) is 2.92. The molecule has 0 radical (unpaired) electrons. The minimum atomic E-state index is -0.502. The van der Waals surface area contributed by atoms with Crippen molar-refractivity contribution in [3.8, 4) is 33.8 Å². The summed E-state index contributed by atoms with van der Waals surface area (Å²) in [6, 6.07) is 29.4. The summed E-state index contributed by atoms with van der Waals surface area (Å²) in [6.45, 7) is 0. The second-order valence-electron chi connectivity index (χ2n) is 8.25. The zero-order valence-corrected chi connectivity index (χ0v) is 19.3. The van der Waals surface area contributed by atoms with Gasteiger partial charge in [0.15, 0.2) is 5.78 Å². The lowest BCUT2D eigenvalue weighted by atomic mass is 9.86. The van der Waals surface area contributed by atoms with Crippen molar-refractivity contribution in [3.63, 3.8) is 0 Å². The molecule has 0 aromatic heterocycles. The first-order chi connectivity index (χ1) is 17.5. The third-order valence-electron chi connectivity index (χ3n) is 6.19. The molecular weight excluding hydrogens is 454 g/mol. The summed E-state index contributed by atoms with van der Waals surface area (Å²) < 4.78 is 5.24. The molecule has 6 nitrogen and oxygen atoms in total. The van der Waals surface area contributed by atoms with E-state index in [1.165, 1.54) is 13.2 Å². The zero-order chi connectivity index (χ0) is 25.2. The molecule has 0 aliphatic carbocycles. The Morgan fingerprint density at radius 2 is 1.50 bits per heavy atom. The Bertz CT molecular complexity index is 1600. The first-order valence-electron chi connectivity index (χ1n) is 11.3. The Morgan fingerprint density at radius 3 is 2.19 bits per heavy atom. The number of fused-ring (bicyclic) bond motifs is 1. The maximum Gasteiger partial charge on any atom is 0.285 e. The van der Waals surface area contributed by atoms with Crippen LogP contribution in [0.4, 0.5) is 5.69 Å². The van der Waals surface area contributed by atoms with E-state index in [9.17, 15) is 20.0 Å². The highest BCUT2D eigenvalue weighted by molar-refractivity contribution is 6.21. The Morgan fingerprint density at radius 1 is 0.833 bits per heavy atom.